The largest absolute Gasteiger partial charge is 0.610 e. The highest BCUT2D eigenvalue weighted by Gasteiger charge is 2.40. The second-order valence-corrected chi connectivity index (χ2v) is 17.4. The number of aldehydes is 1. The number of aliphatic hydroxyl groups excluding tert-OH is 2. The van der Waals surface area contributed by atoms with Crippen molar-refractivity contribution in [2.45, 2.75) is 100.0 Å². The summed E-state index contributed by atoms with van der Waals surface area (Å²) >= 11 is 2.17. The van der Waals surface area contributed by atoms with E-state index in [2.05, 4.69) is 49.5 Å². The van der Waals surface area contributed by atoms with Crippen LogP contribution >= 0.6 is 12.6 Å². The number of phenolic OH excluding ortho intramolecular Hbond substituents is 1. The van der Waals surface area contributed by atoms with Gasteiger partial charge in [0.25, 0.3) is 0 Å². The van der Waals surface area contributed by atoms with E-state index in [1.807, 2.05) is 13.8 Å². The monoisotopic (exact) mass is 893 g/mol. The Morgan fingerprint density at radius 1 is 1.11 bits per heavy atom. The minimum absolute atomic E-state index is 0.00125. The molecule has 12 N–H and O–H groups in total. The number of aromatic hydroxyl groups is 1. The molecule has 61 heavy (non-hydrogen) atoms. The number of rotatable bonds is 15. The third kappa shape index (κ3) is 13.0. The van der Waals surface area contributed by atoms with Crippen molar-refractivity contribution in [3.8, 4) is 5.75 Å². The van der Waals surface area contributed by atoms with Crippen LogP contribution in [0.3, 0.4) is 0 Å². The molecular weight excluding hydrogens is 835 g/mol. The fourth-order valence-corrected chi connectivity index (χ4v) is 9.11. The summed E-state index contributed by atoms with van der Waals surface area (Å²) in [5, 5.41) is 47.8. The number of primary amides is 1. The molecule has 22 heteroatoms. The van der Waals surface area contributed by atoms with Crippen LogP contribution < -0.4 is 37.6 Å². The number of amides is 6. The number of nitrogens with two attached hydrogens (primary N) is 1. The standard InChI is InChI=1S/C39H59N9O11S2/c1-4-20(2)13-41-15-32(54)44-27-19-61(59)39-24(23-7-8-29(51)25(18-60)34(23)47-39)12-26(35(55)42-14-31(40)53)45-38(58)33(21(3)30(52)17-50)46-37(57)28-6-5-10-48(28)16-22(9-11-49)43-36(27)56/h7-8,11,20-22,26-28,30,33,41,47,50-52,60H,4-6,9-10,12-19H2,1-3H3,(H2,40,53)(H,42,55)(H,43,56)(H,44,54)(H,45,58)(H,46,57)/t20?,21-,22-,26-,27-,28?,30-,33-,61?/m0/s1. The van der Waals surface area contributed by atoms with Gasteiger partial charge in [-0.1, -0.05) is 27.2 Å². The molecule has 1 fully saturated rings. The van der Waals surface area contributed by atoms with Gasteiger partial charge < -0.3 is 67.3 Å². The van der Waals surface area contributed by atoms with Crippen molar-refractivity contribution >= 4 is 76.4 Å². The molecule has 9 atom stereocenters. The first kappa shape index (κ1) is 49.2. The number of carbonyl (C=O) groups excluding carboxylic acids is 7. The van der Waals surface area contributed by atoms with Gasteiger partial charge in [-0.2, -0.15) is 12.6 Å². The first-order chi connectivity index (χ1) is 29.0. The minimum Gasteiger partial charge on any atom is -0.610 e. The molecule has 0 saturated carbocycles. The average molecular weight is 894 g/mol. The molecule has 2 aliphatic heterocycles. The maximum Gasteiger partial charge on any atom is 0.247 e. The average Bonchev–Trinajstić information content (AvgIpc) is 3.84. The maximum atomic E-state index is 14.7. The number of carbonyl (C=O) groups is 7. The van der Waals surface area contributed by atoms with Crippen LogP contribution in [-0.2, 0) is 56.9 Å². The molecule has 0 spiro atoms. The van der Waals surface area contributed by atoms with Crippen molar-refractivity contribution in [1.29, 1.82) is 0 Å². The van der Waals surface area contributed by atoms with E-state index in [1.165, 1.54) is 19.1 Å². The molecular formula is C39H59N9O11S2. The Kier molecular flexibility index (Phi) is 18.7. The highest BCUT2D eigenvalue weighted by Crippen LogP contribution is 2.35. The summed E-state index contributed by atoms with van der Waals surface area (Å²) in [5.74, 6) is -6.23. The highest BCUT2D eigenvalue weighted by molar-refractivity contribution is 7.91. The molecule has 1 aromatic heterocycles. The van der Waals surface area contributed by atoms with Gasteiger partial charge in [-0.25, -0.2) is 0 Å². The van der Waals surface area contributed by atoms with E-state index in [0.717, 1.165) is 6.42 Å². The number of aromatic nitrogens is 1. The predicted octanol–water partition coefficient (Wildman–Crippen LogP) is -2.81. The van der Waals surface area contributed by atoms with Crippen LogP contribution in [-0.4, -0.2) is 153 Å². The van der Waals surface area contributed by atoms with E-state index in [-0.39, 0.29) is 53.0 Å². The Hall–Kier alpha value is -4.45. The number of phenols is 1. The second-order valence-electron chi connectivity index (χ2n) is 15.7. The van der Waals surface area contributed by atoms with Gasteiger partial charge in [0.2, 0.25) is 40.5 Å². The molecule has 2 aliphatic rings. The molecule has 1 saturated heterocycles. The first-order valence-corrected chi connectivity index (χ1v) is 22.3. The lowest BCUT2D eigenvalue weighted by Crippen LogP contribution is -2.60. The smallest absolute Gasteiger partial charge is 0.247 e. The molecule has 0 aliphatic carbocycles. The molecule has 3 heterocycles. The van der Waals surface area contributed by atoms with Crippen LogP contribution in [0.4, 0.5) is 0 Å². The Bertz CT molecular complexity index is 1900. The van der Waals surface area contributed by atoms with Crippen molar-refractivity contribution in [2.24, 2.45) is 17.6 Å². The van der Waals surface area contributed by atoms with Gasteiger partial charge >= 0.3 is 0 Å². The summed E-state index contributed by atoms with van der Waals surface area (Å²) in [5.41, 5.74) is 6.07. The number of aliphatic hydroxyl groups is 2. The summed E-state index contributed by atoms with van der Waals surface area (Å²) < 4.78 is 14.7. The van der Waals surface area contributed by atoms with Crippen molar-refractivity contribution in [1.82, 2.24) is 41.8 Å². The first-order valence-electron chi connectivity index (χ1n) is 20.3. The molecule has 2 aromatic rings. The van der Waals surface area contributed by atoms with Gasteiger partial charge in [0.15, 0.2) is 6.04 Å². The van der Waals surface area contributed by atoms with E-state index in [4.69, 9.17) is 5.73 Å². The third-order valence-corrected chi connectivity index (χ3v) is 12.9. The number of hydrogen-bond donors (Lipinski definition) is 12. The second kappa shape index (κ2) is 23.1. The Morgan fingerprint density at radius 2 is 1.85 bits per heavy atom. The summed E-state index contributed by atoms with van der Waals surface area (Å²) in [4.78, 5) is 98.1. The van der Waals surface area contributed by atoms with Crippen molar-refractivity contribution in [3.05, 3.63) is 23.3 Å². The molecule has 6 amide bonds. The van der Waals surface area contributed by atoms with Crippen LogP contribution in [0.1, 0.15) is 57.6 Å². The maximum absolute atomic E-state index is 14.7. The number of fused-ring (bicyclic) bond motifs is 4. The zero-order chi connectivity index (χ0) is 45.0. The summed E-state index contributed by atoms with van der Waals surface area (Å²) in [6.07, 6.45) is 0.224. The Balaban J connectivity index is 1.89. The van der Waals surface area contributed by atoms with E-state index >= 15 is 0 Å². The minimum atomic E-state index is -2.20. The number of aromatic amines is 1. The number of thiol groups is 1. The van der Waals surface area contributed by atoms with Gasteiger partial charge in [0, 0.05) is 64.8 Å². The number of H-pyrrole nitrogens is 1. The van der Waals surface area contributed by atoms with Crippen molar-refractivity contribution < 1.29 is 53.4 Å². The molecule has 0 bridgehead atoms. The molecule has 20 nitrogen and oxygen atoms in total. The zero-order valence-corrected chi connectivity index (χ0v) is 36.2. The number of nitrogens with one attached hydrogen (secondary N) is 7. The lowest BCUT2D eigenvalue weighted by Gasteiger charge is -2.33. The fraction of sp³-hybridized carbons (Fsp3) is 0.615. The normalized spacial score (nSPS) is 24.7. The predicted molar refractivity (Wildman–Crippen MR) is 227 cm³/mol. The summed E-state index contributed by atoms with van der Waals surface area (Å²) in [6.45, 7) is 4.76. The van der Waals surface area contributed by atoms with Crippen LogP contribution in [0.15, 0.2) is 17.2 Å². The van der Waals surface area contributed by atoms with E-state index in [1.54, 1.807) is 4.90 Å². The van der Waals surface area contributed by atoms with E-state index in [9.17, 15) is 53.4 Å². The number of hydrogen-bond acceptors (Lipinski definition) is 14. The lowest BCUT2D eigenvalue weighted by atomic mass is 9.93. The van der Waals surface area contributed by atoms with Crippen LogP contribution in [0, 0.1) is 11.8 Å². The van der Waals surface area contributed by atoms with Gasteiger partial charge in [0.1, 0.15) is 29.9 Å². The van der Waals surface area contributed by atoms with Crippen LogP contribution in [0.5, 0.6) is 5.75 Å². The van der Waals surface area contributed by atoms with Gasteiger partial charge in [-0.3, -0.25) is 33.7 Å². The summed E-state index contributed by atoms with van der Waals surface area (Å²) in [7, 11) is 0. The van der Waals surface area contributed by atoms with Crippen molar-refractivity contribution in [2.75, 3.05) is 45.1 Å². The van der Waals surface area contributed by atoms with Crippen molar-refractivity contribution in [3.63, 3.8) is 0 Å². The van der Waals surface area contributed by atoms with Gasteiger partial charge in [0.05, 0.1) is 37.4 Å². The van der Waals surface area contributed by atoms with E-state index < -0.39 is 114 Å². The number of benzene rings is 1. The van der Waals surface area contributed by atoms with Crippen LogP contribution in [0.2, 0.25) is 0 Å². The third-order valence-electron chi connectivity index (χ3n) is 11.2. The Labute approximate surface area is 362 Å². The SMILES string of the molecule is CCC(C)CNCC(=O)N[C@H]1C[S+]([O-])c2[nH]c3c(CS)c(O)ccc3c2C[C@@H](C(=O)NCC(N)=O)NC(=O)[C@H]([C@@H](C)[C@@H](O)CO)NC(=O)C2CCCN2C[C@H](CC=O)NC1=O. The van der Waals surface area contributed by atoms with Gasteiger partial charge in [-0.15, -0.1) is 0 Å². The molecule has 338 valence electrons. The molecule has 4 rings (SSSR count). The molecule has 1 aromatic carbocycles. The highest BCUT2D eigenvalue weighted by atomic mass is 32.2. The fourth-order valence-electron chi connectivity index (χ4n) is 7.41. The zero-order valence-electron chi connectivity index (χ0n) is 34.5. The summed E-state index contributed by atoms with van der Waals surface area (Å²) in [6, 6.07) is -3.40. The molecule has 0 radical (unpaired) electrons. The quantitative estimate of drug-likeness (QED) is 0.0489. The molecule has 3 unspecified atom stereocenters. The van der Waals surface area contributed by atoms with Crippen LogP contribution in [0.25, 0.3) is 10.9 Å². The Morgan fingerprint density at radius 3 is 2.51 bits per heavy atom. The lowest BCUT2D eigenvalue weighted by molar-refractivity contribution is -0.136. The van der Waals surface area contributed by atoms with E-state index in [0.29, 0.717) is 43.2 Å². The van der Waals surface area contributed by atoms with Gasteiger partial charge in [-0.05, 0) is 44.0 Å². The number of nitrogens with zero attached hydrogens (tertiary/aromatic N) is 1. The topological polar surface area (TPSA) is 320 Å².